The summed E-state index contributed by atoms with van der Waals surface area (Å²) in [4.78, 5) is 15.4. The van der Waals surface area contributed by atoms with Gasteiger partial charge in [-0.05, 0) is 37.7 Å². The SMILES string of the molecule is CCN(C)C(=O)[C@@H](CC(=S)N[C@@H]1CCCC[C@H]1NCc1ccccc1)CC(C)C. The Morgan fingerprint density at radius 2 is 1.83 bits per heavy atom. The minimum absolute atomic E-state index is 0.0285. The van der Waals surface area contributed by atoms with E-state index >= 15 is 0 Å². The molecule has 1 aliphatic carbocycles. The molecular weight excluding hydrogens is 378 g/mol. The van der Waals surface area contributed by atoms with Crippen LogP contribution in [0.25, 0.3) is 0 Å². The number of nitrogens with zero attached hydrogens (tertiary/aromatic N) is 1. The van der Waals surface area contributed by atoms with Crippen molar-refractivity contribution in [3.63, 3.8) is 0 Å². The van der Waals surface area contributed by atoms with E-state index in [1.165, 1.54) is 24.8 Å². The van der Waals surface area contributed by atoms with Crippen LogP contribution in [0.2, 0.25) is 0 Å². The highest BCUT2D eigenvalue weighted by molar-refractivity contribution is 7.80. The minimum Gasteiger partial charge on any atom is -0.375 e. The summed E-state index contributed by atoms with van der Waals surface area (Å²) < 4.78 is 0. The second kappa shape index (κ2) is 12.3. The fourth-order valence-electron chi connectivity index (χ4n) is 4.19. The molecule has 29 heavy (non-hydrogen) atoms. The zero-order valence-electron chi connectivity index (χ0n) is 18.6. The van der Waals surface area contributed by atoms with Gasteiger partial charge in [0.1, 0.15) is 0 Å². The molecule has 0 aliphatic heterocycles. The second-order valence-electron chi connectivity index (χ2n) is 8.81. The van der Waals surface area contributed by atoms with E-state index in [9.17, 15) is 4.79 Å². The Labute approximate surface area is 182 Å². The van der Waals surface area contributed by atoms with Crippen LogP contribution in [-0.4, -0.2) is 41.5 Å². The standard InChI is InChI=1S/C24H39N3OS/c1-5-27(4)24(28)20(15-18(2)3)16-23(29)26-22-14-10-9-13-21(22)25-17-19-11-7-6-8-12-19/h6-8,11-12,18,20-22,25H,5,9-10,13-17H2,1-4H3,(H,26,29)/t20-,21-,22-/m1/s1. The first-order chi connectivity index (χ1) is 13.9. The van der Waals surface area contributed by atoms with Gasteiger partial charge in [0, 0.05) is 44.6 Å². The van der Waals surface area contributed by atoms with Crippen molar-refractivity contribution in [2.45, 2.75) is 77.9 Å². The van der Waals surface area contributed by atoms with Gasteiger partial charge in [-0.15, -0.1) is 0 Å². The minimum atomic E-state index is -0.0285. The molecule has 162 valence electrons. The Kier molecular flexibility index (Phi) is 10.1. The molecule has 1 saturated carbocycles. The lowest BCUT2D eigenvalue weighted by Gasteiger charge is -2.34. The molecule has 0 unspecified atom stereocenters. The van der Waals surface area contributed by atoms with E-state index in [0.717, 1.165) is 30.9 Å². The molecule has 1 aromatic carbocycles. The number of carbonyl (C=O) groups is 1. The zero-order valence-corrected chi connectivity index (χ0v) is 19.4. The van der Waals surface area contributed by atoms with Gasteiger partial charge in [0.2, 0.25) is 5.91 Å². The predicted molar refractivity (Wildman–Crippen MR) is 126 cm³/mol. The molecule has 0 radical (unpaired) electrons. The molecule has 5 heteroatoms. The molecule has 1 fully saturated rings. The summed E-state index contributed by atoms with van der Waals surface area (Å²) in [5, 5.41) is 7.35. The van der Waals surface area contributed by atoms with Gasteiger partial charge in [-0.25, -0.2) is 0 Å². The van der Waals surface area contributed by atoms with Gasteiger partial charge in [-0.2, -0.15) is 0 Å². The largest absolute Gasteiger partial charge is 0.375 e. The Hall–Kier alpha value is -1.46. The van der Waals surface area contributed by atoms with E-state index in [1.807, 2.05) is 18.9 Å². The first kappa shape index (κ1) is 23.8. The number of hydrogen-bond donors (Lipinski definition) is 2. The fourth-order valence-corrected chi connectivity index (χ4v) is 4.54. The summed E-state index contributed by atoms with van der Waals surface area (Å²) in [5.41, 5.74) is 1.31. The number of amides is 1. The molecule has 2 N–H and O–H groups in total. The summed E-state index contributed by atoms with van der Waals surface area (Å²) in [7, 11) is 1.89. The van der Waals surface area contributed by atoms with Gasteiger partial charge < -0.3 is 15.5 Å². The lowest BCUT2D eigenvalue weighted by atomic mass is 9.89. The normalized spacial score (nSPS) is 20.3. The van der Waals surface area contributed by atoms with Crippen molar-refractivity contribution in [1.29, 1.82) is 0 Å². The van der Waals surface area contributed by atoms with Crippen LogP contribution in [0.3, 0.4) is 0 Å². The summed E-state index contributed by atoms with van der Waals surface area (Å²) >= 11 is 5.73. The summed E-state index contributed by atoms with van der Waals surface area (Å²) in [6.45, 7) is 7.99. The average Bonchev–Trinajstić information content (AvgIpc) is 2.72. The van der Waals surface area contributed by atoms with E-state index < -0.39 is 0 Å². The molecule has 4 nitrogen and oxygen atoms in total. The van der Waals surface area contributed by atoms with E-state index in [-0.39, 0.29) is 11.8 Å². The maximum atomic E-state index is 12.8. The third-order valence-corrected chi connectivity index (χ3v) is 6.20. The van der Waals surface area contributed by atoms with Crippen molar-refractivity contribution in [3.05, 3.63) is 35.9 Å². The monoisotopic (exact) mass is 417 g/mol. The zero-order chi connectivity index (χ0) is 21.2. The lowest BCUT2D eigenvalue weighted by Crippen LogP contribution is -2.51. The molecule has 2 rings (SSSR count). The van der Waals surface area contributed by atoms with Crippen LogP contribution in [-0.2, 0) is 11.3 Å². The van der Waals surface area contributed by atoms with Crippen molar-refractivity contribution in [3.8, 4) is 0 Å². The summed E-state index contributed by atoms with van der Waals surface area (Å²) in [5.74, 6) is 0.666. The van der Waals surface area contributed by atoms with Crippen LogP contribution in [0.1, 0.15) is 64.9 Å². The van der Waals surface area contributed by atoms with Gasteiger partial charge in [0.05, 0.1) is 4.99 Å². The molecule has 0 bridgehead atoms. The number of carbonyl (C=O) groups excluding carboxylic acids is 1. The first-order valence-corrected chi connectivity index (χ1v) is 11.6. The van der Waals surface area contributed by atoms with Gasteiger partial charge >= 0.3 is 0 Å². The fraction of sp³-hybridized carbons (Fsp3) is 0.667. The van der Waals surface area contributed by atoms with E-state index in [4.69, 9.17) is 12.2 Å². The average molecular weight is 418 g/mol. The maximum absolute atomic E-state index is 12.8. The molecule has 1 aromatic rings. The van der Waals surface area contributed by atoms with Crippen LogP contribution < -0.4 is 10.6 Å². The Bertz CT molecular complexity index is 634. The van der Waals surface area contributed by atoms with Crippen LogP contribution in [0.5, 0.6) is 0 Å². The summed E-state index contributed by atoms with van der Waals surface area (Å²) in [6, 6.07) is 11.3. The molecule has 1 aliphatic rings. The van der Waals surface area contributed by atoms with Crippen molar-refractivity contribution >= 4 is 23.1 Å². The van der Waals surface area contributed by atoms with Crippen molar-refractivity contribution in [2.75, 3.05) is 13.6 Å². The van der Waals surface area contributed by atoms with E-state index in [0.29, 0.717) is 24.4 Å². The van der Waals surface area contributed by atoms with Crippen LogP contribution >= 0.6 is 12.2 Å². The molecule has 0 spiro atoms. The number of rotatable bonds is 10. The van der Waals surface area contributed by atoms with Crippen LogP contribution in [0.4, 0.5) is 0 Å². The maximum Gasteiger partial charge on any atom is 0.225 e. The Balaban J connectivity index is 1.93. The second-order valence-corrected chi connectivity index (χ2v) is 9.31. The highest BCUT2D eigenvalue weighted by Gasteiger charge is 2.28. The molecular formula is C24H39N3OS. The molecule has 0 aromatic heterocycles. The number of hydrogen-bond acceptors (Lipinski definition) is 3. The first-order valence-electron chi connectivity index (χ1n) is 11.2. The quantitative estimate of drug-likeness (QED) is 0.549. The van der Waals surface area contributed by atoms with Gasteiger partial charge in [0.25, 0.3) is 0 Å². The third-order valence-electron chi connectivity index (χ3n) is 5.91. The highest BCUT2D eigenvalue weighted by Crippen LogP contribution is 2.22. The molecule has 3 atom stereocenters. The van der Waals surface area contributed by atoms with Crippen molar-refractivity contribution in [1.82, 2.24) is 15.5 Å². The Morgan fingerprint density at radius 1 is 1.17 bits per heavy atom. The lowest BCUT2D eigenvalue weighted by molar-refractivity contribution is -0.134. The van der Waals surface area contributed by atoms with E-state index in [1.54, 1.807) is 0 Å². The Morgan fingerprint density at radius 3 is 2.45 bits per heavy atom. The summed E-state index contributed by atoms with van der Waals surface area (Å²) in [6.07, 6.45) is 6.32. The molecule has 0 heterocycles. The van der Waals surface area contributed by atoms with Gasteiger partial charge in [-0.1, -0.05) is 69.2 Å². The van der Waals surface area contributed by atoms with Crippen LogP contribution in [0, 0.1) is 11.8 Å². The van der Waals surface area contributed by atoms with Gasteiger partial charge in [0.15, 0.2) is 0 Å². The predicted octanol–water partition coefficient (Wildman–Crippen LogP) is 4.54. The number of thiocarbonyl (C=S) groups is 1. The molecule has 1 amide bonds. The number of benzene rings is 1. The smallest absolute Gasteiger partial charge is 0.225 e. The van der Waals surface area contributed by atoms with Gasteiger partial charge in [-0.3, -0.25) is 4.79 Å². The van der Waals surface area contributed by atoms with Crippen molar-refractivity contribution in [2.24, 2.45) is 11.8 Å². The van der Waals surface area contributed by atoms with E-state index in [2.05, 4.69) is 54.8 Å². The third kappa shape index (κ3) is 8.06. The molecule has 0 saturated heterocycles. The topological polar surface area (TPSA) is 44.4 Å². The highest BCUT2D eigenvalue weighted by atomic mass is 32.1. The van der Waals surface area contributed by atoms with Crippen molar-refractivity contribution < 1.29 is 4.79 Å². The number of nitrogens with one attached hydrogen (secondary N) is 2. The van der Waals surface area contributed by atoms with Crippen LogP contribution in [0.15, 0.2) is 30.3 Å².